The molecule has 0 radical (unpaired) electrons. The van der Waals surface area contributed by atoms with Gasteiger partial charge in [0.15, 0.2) is 12.1 Å². The number of aliphatic hydroxyl groups excluding tert-OH is 2. The highest BCUT2D eigenvalue weighted by molar-refractivity contribution is 5.13. The molecule has 5 atom stereocenters. The van der Waals surface area contributed by atoms with Gasteiger partial charge in [0.25, 0.3) is 0 Å². The van der Waals surface area contributed by atoms with E-state index >= 15 is 0 Å². The van der Waals surface area contributed by atoms with Gasteiger partial charge in [-0.25, -0.2) is 0 Å². The predicted molar refractivity (Wildman–Crippen MR) is 76.8 cm³/mol. The van der Waals surface area contributed by atoms with Crippen molar-refractivity contribution in [2.75, 3.05) is 6.61 Å². The standard InChI is InChI=1S/C16H22O6/c1-16(2)21-13-12(11(18)8-17)20-15(14(13)22-16)19-9-10-6-4-3-5-7-10/h3-7,11-15,17-18H,8-9H2,1-2H3. The third-order valence-corrected chi connectivity index (χ3v) is 3.87. The zero-order valence-electron chi connectivity index (χ0n) is 12.7. The van der Waals surface area contributed by atoms with E-state index in [2.05, 4.69) is 0 Å². The highest BCUT2D eigenvalue weighted by atomic mass is 16.8. The van der Waals surface area contributed by atoms with Gasteiger partial charge in [-0.1, -0.05) is 30.3 Å². The molecule has 0 amide bonds. The Morgan fingerprint density at radius 2 is 1.86 bits per heavy atom. The van der Waals surface area contributed by atoms with E-state index in [-0.39, 0.29) is 0 Å². The van der Waals surface area contributed by atoms with Crippen LogP contribution >= 0.6 is 0 Å². The normalized spacial score (nSPS) is 34.5. The smallest absolute Gasteiger partial charge is 0.187 e. The lowest BCUT2D eigenvalue weighted by atomic mass is 10.1. The van der Waals surface area contributed by atoms with E-state index in [1.165, 1.54) is 0 Å². The molecule has 2 aliphatic heterocycles. The summed E-state index contributed by atoms with van der Waals surface area (Å²) < 4.78 is 23.1. The second-order valence-electron chi connectivity index (χ2n) is 6.08. The van der Waals surface area contributed by atoms with Crippen molar-refractivity contribution < 1.29 is 29.2 Å². The minimum absolute atomic E-state index is 0.375. The molecule has 1 aromatic rings. The average molecular weight is 310 g/mol. The van der Waals surface area contributed by atoms with Gasteiger partial charge in [0, 0.05) is 0 Å². The van der Waals surface area contributed by atoms with E-state index in [4.69, 9.17) is 18.9 Å². The van der Waals surface area contributed by atoms with Gasteiger partial charge in [-0.3, -0.25) is 0 Å². The van der Waals surface area contributed by atoms with Gasteiger partial charge >= 0.3 is 0 Å². The summed E-state index contributed by atoms with van der Waals surface area (Å²) in [6, 6.07) is 9.74. The van der Waals surface area contributed by atoms with Crippen LogP contribution in [0.3, 0.4) is 0 Å². The molecular weight excluding hydrogens is 288 g/mol. The number of benzene rings is 1. The lowest BCUT2D eigenvalue weighted by Crippen LogP contribution is -2.40. The molecule has 0 spiro atoms. The summed E-state index contributed by atoms with van der Waals surface area (Å²) in [4.78, 5) is 0. The van der Waals surface area contributed by atoms with E-state index in [9.17, 15) is 10.2 Å². The largest absolute Gasteiger partial charge is 0.394 e. The van der Waals surface area contributed by atoms with Gasteiger partial charge in [0.1, 0.15) is 24.4 Å². The van der Waals surface area contributed by atoms with Crippen molar-refractivity contribution >= 4 is 0 Å². The molecule has 22 heavy (non-hydrogen) atoms. The number of hydrogen-bond acceptors (Lipinski definition) is 6. The first-order valence-corrected chi connectivity index (χ1v) is 7.46. The van der Waals surface area contributed by atoms with Gasteiger partial charge in [0.05, 0.1) is 13.2 Å². The molecule has 0 aliphatic carbocycles. The maximum absolute atomic E-state index is 9.91. The molecule has 6 heteroatoms. The van der Waals surface area contributed by atoms with Gasteiger partial charge < -0.3 is 29.2 Å². The summed E-state index contributed by atoms with van der Waals surface area (Å²) >= 11 is 0. The number of hydrogen-bond donors (Lipinski definition) is 2. The molecule has 2 N–H and O–H groups in total. The van der Waals surface area contributed by atoms with Crippen LogP contribution in [0, 0.1) is 0 Å². The second-order valence-corrected chi connectivity index (χ2v) is 6.08. The van der Waals surface area contributed by atoms with Crippen molar-refractivity contribution in [2.45, 2.75) is 56.9 Å². The van der Waals surface area contributed by atoms with Crippen LogP contribution in [0.2, 0.25) is 0 Å². The second kappa shape index (κ2) is 6.23. The Labute approximate surface area is 129 Å². The summed E-state index contributed by atoms with van der Waals surface area (Å²) in [5.41, 5.74) is 1.02. The van der Waals surface area contributed by atoms with Gasteiger partial charge in [0.2, 0.25) is 0 Å². The molecular formula is C16H22O6. The third-order valence-electron chi connectivity index (χ3n) is 3.87. The Kier molecular flexibility index (Phi) is 4.49. The summed E-state index contributed by atoms with van der Waals surface area (Å²) in [6.07, 6.45) is -3.23. The molecule has 6 nitrogen and oxygen atoms in total. The Balaban J connectivity index is 1.69. The van der Waals surface area contributed by atoms with Crippen molar-refractivity contribution in [3.05, 3.63) is 35.9 Å². The average Bonchev–Trinajstić information content (AvgIpc) is 2.99. The predicted octanol–water partition coefficient (Wildman–Crippen LogP) is 0.801. The quantitative estimate of drug-likeness (QED) is 0.838. The van der Waals surface area contributed by atoms with Gasteiger partial charge in [-0.15, -0.1) is 0 Å². The monoisotopic (exact) mass is 310 g/mol. The maximum atomic E-state index is 9.91. The highest BCUT2D eigenvalue weighted by Crippen LogP contribution is 2.40. The van der Waals surface area contributed by atoms with Crippen LogP contribution in [-0.2, 0) is 25.6 Å². The van der Waals surface area contributed by atoms with E-state index in [0.29, 0.717) is 6.61 Å². The van der Waals surface area contributed by atoms with E-state index in [0.717, 1.165) is 5.56 Å². The Hall–Kier alpha value is -1.02. The van der Waals surface area contributed by atoms with E-state index in [1.54, 1.807) is 0 Å². The molecule has 1 aromatic carbocycles. The number of ether oxygens (including phenoxy) is 4. The van der Waals surface area contributed by atoms with Crippen molar-refractivity contribution in [1.29, 1.82) is 0 Å². The Morgan fingerprint density at radius 1 is 1.18 bits per heavy atom. The molecule has 0 aromatic heterocycles. The summed E-state index contributed by atoms with van der Waals surface area (Å²) in [5, 5.41) is 19.1. The lowest BCUT2D eigenvalue weighted by Gasteiger charge is -2.25. The maximum Gasteiger partial charge on any atom is 0.187 e. The number of fused-ring (bicyclic) bond motifs is 1. The van der Waals surface area contributed by atoms with E-state index < -0.39 is 43.1 Å². The van der Waals surface area contributed by atoms with Crippen LogP contribution in [0.1, 0.15) is 19.4 Å². The zero-order chi connectivity index (χ0) is 15.7. The molecule has 2 fully saturated rings. The fourth-order valence-corrected chi connectivity index (χ4v) is 2.89. The van der Waals surface area contributed by atoms with Crippen LogP contribution in [0.15, 0.2) is 30.3 Å². The SMILES string of the molecule is CC1(C)OC2C(OCc3ccccc3)OC(C(O)CO)C2O1. The minimum Gasteiger partial charge on any atom is -0.394 e. The summed E-state index contributed by atoms with van der Waals surface area (Å²) in [6.45, 7) is 3.59. The van der Waals surface area contributed by atoms with Crippen LogP contribution in [0.25, 0.3) is 0 Å². The van der Waals surface area contributed by atoms with Crippen LogP contribution in [-0.4, -0.2) is 53.3 Å². The van der Waals surface area contributed by atoms with Crippen LogP contribution in [0.5, 0.6) is 0 Å². The molecule has 5 unspecified atom stereocenters. The molecule has 2 saturated heterocycles. The zero-order valence-corrected chi connectivity index (χ0v) is 12.7. The summed E-state index contributed by atoms with van der Waals surface area (Å²) in [5.74, 6) is -0.763. The minimum atomic E-state index is -1.03. The fourth-order valence-electron chi connectivity index (χ4n) is 2.89. The topological polar surface area (TPSA) is 77.4 Å². The van der Waals surface area contributed by atoms with Crippen molar-refractivity contribution in [1.82, 2.24) is 0 Å². The molecule has 2 heterocycles. The molecule has 3 rings (SSSR count). The highest BCUT2D eigenvalue weighted by Gasteiger charge is 2.57. The van der Waals surface area contributed by atoms with E-state index in [1.807, 2.05) is 44.2 Å². The number of rotatable bonds is 5. The Morgan fingerprint density at radius 3 is 2.55 bits per heavy atom. The molecule has 0 saturated carbocycles. The van der Waals surface area contributed by atoms with Crippen LogP contribution < -0.4 is 0 Å². The van der Waals surface area contributed by atoms with Gasteiger partial charge in [-0.05, 0) is 19.4 Å². The van der Waals surface area contributed by atoms with Crippen LogP contribution in [0.4, 0.5) is 0 Å². The van der Waals surface area contributed by atoms with Crippen molar-refractivity contribution in [3.8, 4) is 0 Å². The first-order chi connectivity index (χ1) is 10.5. The molecule has 122 valence electrons. The fraction of sp³-hybridized carbons (Fsp3) is 0.625. The van der Waals surface area contributed by atoms with Crippen molar-refractivity contribution in [3.63, 3.8) is 0 Å². The molecule has 2 aliphatic rings. The molecule has 0 bridgehead atoms. The third kappa shape index (κ3) is 3.17. The first kappa shape index (κ1) is 15.9. The lowest BCUT2D eigenvalue weighted by molar-refractivity contribution is -0.247. The first-order valence-electron chi connectivity index (χ1n) is 7.46. The summed E-state index contributed by atoms with van der Waals surface area (Å²) in [7, 11) is 0. The van der Waals surface area contributed by atoms with Gasteiger partial charge in [-0.2, -0.15) is 0 Å². The number of aliphatic hydroxyl groups is 2. The van der Waals surface area contributed by atoms with Crippen molar-refractivity contribution in [2.24, 2.45) is 0 Å². The Bertz CT molecular complexity index is 491.